The topological polar surface area (TPSA) is 37.3 Å². The molecule has 0 aromatic rings. The highest BCUT2D eigenvalue weighted by atomic mass is 16.2. The second kappa shape index (κ2) is 10.2. The maximum atomic E-state index is 10.6. The summed E-state index contributed by atoms with van der Waals surface area (Å²) in [5, 5.41) is 8.49. The standard InChI is InChI=1S/C12H20O2/c1-12(14)10-8-6-4-2-3-5-7-9-11-13/h2,4-5,7,13H,3,6,8-11H2,1H3/b4-2-,7-5-. The molecule has 0 radical (unpaired) electrons. The summed E-state index contributed by atoms with van der Waals surface area (Å²) in [4.78, 5) is 10.6. The first-order chi connectivity index (χ1) is 6.77. The number of ketones is 1. The minimum absolute atomic E-state index is 0.221. The average molecular weight is 196 g/mol. The predicted molar refractivity (Wildman–Crippen MR) is 59.1 cm³/mol. The molecule has 0 saturated heterocycles. The lowest BCUT2D eigenvalue weighted by atomic mass is 10.2. The number of unbranched alkanes of at least 4 members (excludes halogenated alkanes) is 1. The van der Waals surface area contributed by atoms with E-state index in [2.05, 4.69) is 12.2 Å². The Balaban J connectivity index is 3.23. The van der Waals surface area contributed by atoms with E-state index in [1.165, 1.54) is 0 Å². The Labute approximate surface area is 86.3 Å². The van der Waals surface area contributed by atoms with Crippen LogP contribution < -0.4 is 0 Å². The molecular formula is C12H20O2. The van der Waals surface area contributed by atoms with Crippen molar-refractivity contribution in [2.24, 2.45) is 0 Å². The van der Waals surface area contributed by atoms with Crippen molar-refractivity contribution in [2.75, 3.05) is 6.61 Å². The van der Waals surface area contributed by atoms with Gasteiger partial charge in [0.2, 0.25) is 0 Å². The van der Waals surface area contributed by atoms with E-state index in [0.717, 1.165) is 25.7 Å². The van der Waals surface area contributed by atoms with Crippen LogP contribution in [0.1, 0.15) is 39.0 Å². The molecule has 0 fully saturated rings. The van der Waals surface area contributed by atoms with Gasteiger partial charge < -0.3 is 9.90 Å². The molecule has 0 aromatic carbocycles. The summed E-state index contributed by atoms with van der Waals surface area (Å²) >= 11 is 0. The van der Waals surface area contributed by atoms with Crippen LogP contribution in [-0.4, -0.2) is 17.5 Å². The Morgan fingerprint density at radius 1 is 1.14 bits per heavy atom. The molecule has 0 aliphatic heterocycles. The SMILES string of the molecule is CC(=O)CCC/C=C\C/C=C\CCO. The van der Waals surface area contributed by atoms with E-state index in [9.17, 15) is 4.79 Å². The molecule has 0 spiro atoms. The fourth-order valence-corrected chi connectivity index (χ4v) is 1.05. The zero-order valence-corrected chi connectivity index (χ0v) is 8.91. The number of rotatable bonds is 8. The monoisotopic (exact) mass is 196 g/mol. The van der Waals surface area contributed by atoms with Crippen molar-refractivity contribution in [3.8, 4) is 0 Å². The van der Waals surface area contributed by atoms with Crippen LogP contribution in [0.3, 0.4) is 0 Å². The third-order valence-electron chi connectivity index (χ3n) is 1.80. The summed E-state index contributed by atoms with van der Waals surface area (Å²) < 4.78 is 0. The fraction of sp³-hybridized carbons (Fsp3) is 0.583. The summed E-state index contributed by atoms with van der Waals surface area (Å²) in [5.74, 6) is 0.265. The molecule has 0 heterocycles. The third-order valence-corrected chi connectivity index (χ3v) is 1.80. The van der Waals surface area contributed by atoms with Crippen LogP contribution in [-0.2, 0) is 4.79 Å². The smallest absolute Gasteiger partial charge is 0.129 e. The lowest BCUT2D eigenvalue weighted by Gasteiger charge is -1.90. The molecule has 80 valence electrons. The van der Waals surface area contributed by atoms with Crippen LogP contribution >= 0.6 is 0 Å². The molecular weight excluding hydrogens is 176 g/mol. The number of Topliss-reactive ketones (excluding diaryl/α,β-unsaturated/α-hetero) is 1. The molecule has 0 saturated carbocycles. The highest BCUT2D eigenvalue weighted by Gasteiger charge is 1.89. The van der Waals surface area contributed by atoms with Crippen molar-refractivity contribution in [3.05, 3.63) is 24.3 Å². The van der Waals surface area contributed by atoms with Crippen molar-refractivity contribution in [3.63, 3.8) is 0 Å². The first kappa shape index (κ1) is 13.1. The van der Waals surface area contributed by atoms with Gasteiger partial charge in [0.25, 0.3) is 0 Å². The number of hydrogen-bond donors (Lipinski definition) is 1. The molecule has 0 aliphatic rings. The lowest BCUT2D eigenvalue weighted by Crippen LogP contribution is -1.87. The van der Waals surface area contributed by atoms with E-state index in [1.54, 1.807) is 6.92 Å². The van der Waals surface area contributed by atoms with Crippen LogP contribution in [0.2, 0.25) is 0 Å². The number of hydrogen-bond acceptors (Lipinski definition) is 2. The van der Waals surface area contributed by atoms with Gasteiger partial charge in [0.05, 0.1) is 0 Å². The Kier molecular flexibility index (Phi) is 9.54. The molecule has 14 heavy (non-hydrogen) atoms. The summed E-state index contributed by atoms with van der Waals surface area (Å²) in [5.41, 5.74) is 0. The van der Waals surface area contributed by atoms with Gasteiger partial charge in [-0.2, -0.15) is 0 Å². The quantitative estimate of drug-likeness (QED) is 0.478. The second-order valence-corrected chi connectivity index (χ2v) is 3.29. The van der Waals surface area contributed by atoms with Crippen LogP contribution in [0.15, 0.2) is 24.3 Å². The van der Waals surface area contributed by atoms with Crippen molar-refractivity contribution in [1.82, 2.24) is 0 Å². The minimum Gasteiger partial charge on any atom is -0.396 e. The molecule has 0 unspecified atom stereocenters. The first-order valence-electron chi connectivity index (χ1n) is 5.17. The number of carbonyl (C=O) groups is 1. The molecule has 0 bridgehead atoms. The Hall–Kier alpha value is -0.890. The van der Waals surface area contributed by atoms with E-state index >= 15 is 0 Å². The van der Waals surface area contributed by atoms with Gasteiger partial charge in [-0.1, -0.05) is 24.3 Å². The summed E-state index contributed by atoms with van der Waals surface area (Å²) in [6.07, 6.45) is 12.5. The summed E-state index contributed by atoms with van der Waals surface area (Å²) in [6.45, 7) is 1.85. The van der Waals surface area contributed by atoms with E-state index in [4.69, 9.17) is 5.11 Å². The van der Waals surface area contributed by atoms with Gasteiger partial charge in [-0.15, -0.1) is 0 Å². The van der Waals surface area contributed by atoms with Gasteiger partial charge in [-0.3, -0.25) is 0 Å². The van der Waals surface area contributed by atoms with Gasteiger partial charge in [-0.05, 0) is 32.6 Å². The van der Waals surface area contributed by atoms with Crippen LogP contribution in [0.5, 0.6) is 0 Å². The summed E-state index contributed by atoms with van der Waals surface area (Å²) in [7, 11) is 0. The van der Waals surface area contributed by atoms with Crippen molar-refractivity contribution in [2.45, 2.75) is 39.0 Å². The number of aliphatic hydroxyl groups excluding tert-OH is 1. The highest BCUT2D eigenvalue weighted by Crippen LogP contribution is 1.98. The van der Waals surface area contributed by atoms with Gasteiger partial charge >= 0.3 is 0 Å². The highest BCUT2D eigenvalue weighted by molar-refractivity contribution is 5.75. The second-order valence-electron chi connectivity index (χ2n) is 3.29. The number of allylic oxidation sites excluding steroid dienone is 3. The van der Waals surface area contributed by atoms with Crippen LogP contribution in [0.4, 0.5) is 0 Å². The summed E-state index contributed by atoms with van der Waals surface area (Å²) in [6, 6.07) is 0. The molecule has 2 heteroatoms. The lowest BCUT2D eigenvalue weighted by molar-refractivity contribution is -0.117. The molecule has 0 amide bonds. The normalized spacial score (nSPS) is 11.6. The van der Waals surface area contributed by atoms with Crippen molar-refractivity contribution < 1.29 is 9.90 Å². The molecule has 2 nitrogen and oxygen atoms in total. The minimum atomic E-state index is 0.221. The van der Waals surface area contributed by atoms with Crippen molar-refractivity contribution in [1.29, 1.82) is 0 Å². The van der Waals surface area contributed by atoms with E-state index in [0.29, 0.717) is 6.42 Å². The average Bonchev–Trinajstić information content (AvgIpc) is 2.15. The number of aliphatic hydroxyl groups is 1. The zero-order valence-electron chi connectivity index (χ0n) is 8.91. The molecule has 0 aliphatic carbocycles. The largest absolute Gasteiger partial charge is 0.396 e. The van der Waals surface area contributed by atoms with Crippen molar-refractivity contribution >= 4 is 5.78 Å². The van der Waals surface area contributed by atoms with Gasteiger partial charge in [0.15, 0.2) is 0 Å². The van der Waals surface area contributed by atoms with E-state index in [-0.39, 0.29) is 12.4 Å². The van der Waals surface area contributed by atoms with Crippen LogP contribution in [0, 0.1) is 0 Å². The van der Waals surface area contributed by atoms with E-state index in [1.807, 2.05) is 12.2 Å². The maximum absolute atomic E-state index is 10.6. The maximum Gasteiger partial charge on any atom is 0.129 e. The predicted octanol–water partition coefficient (Wildman–Crippen LogP) is 2.63. The Morgan fingerprint density at radius 3 is 2.36 bits per heavy atom. The Morgan fingerprint density at radius 2 is 1.79 bits per heavy atom. The molecule has 1 N–H and O–H groups in total. The van der Waals surface area contributed by atoms with E-state index < -0.39 is 0 Å². The fourth-order valence-electron chi connectivity index (χ4n) is 1.05. The Bertz CT molecular complexity index is 192. The number of carbonyl (C=O) groups excluding carboxylic acids is 1. The molecule has 0 rings (SSSR count). The zero-order chi connectivity index (χ0) is 10.6. The van der Waals surface area contributed by atoms with Gasteiger partial charge in [0.1, 0.15) is 5.78 Å². The first-order valence-corrected chi connectivity index (χ1v) is 5.17. The molecule has 0 aromatic heterocycles. The molecule has 0 atom stereocenters. The third kappa shape index (κ3) is 11.1. The van der Waals surface area contributed by atoms with Gasteiger partial charge in [0, 0.05) is 13.0 Å². The van der Waals surface area contributed by atoms with Gasteiger partial charge in [-0.25, -0.2) is 0 Å². The van der Waals surface area contributed by atoms with Crippen LogP contribution in [0.25, 0.3) is 0 Å².